The second-order valence-corrected chi connectivity index (χ2v) is 6.65. The Bertz CT molecular complexity index is 504. The molecule has 21 heavy (non-hydrogen) atoms. The number of carbonyl (C=O) groups is 1. The van der Waals surface area contributed by atoms with Crippen LogP contribution in [0.15, 0.2) is 12.3 Å². The Morgan fingerprint density at radius 1 is 1.38 bits per heavy atom. The molecule has 1 saturated heterocycles. The van der Waals surface area contributed by atoms with Crippen LogP contribution in [0.4, 0.5) is 0 Å². The first kappa shape index (κ1) is 14.9. The monoisotopic (exact) mass is 309 g/mol. The van der Waals surface area contributed by atoms with Crippen molar-refractivity contribution in [2.24, 2.45) is 5.92 Å². The number of rotatable bonds is 5. The van der Waals surface area contributed by atoms with E-state index in [9.17, 15) is 4.79 Å². The van der Waals surface area contributed by atoms with Gasteiger partial charge >= 0.3 is 0 Å². The molecular formula is C16H24ClN3O. The van der Waals surface area contributed by atoms with E-state index in [4.69, 9.17) is 11.6 Å². The maximum atomic E-state index is 12.9. The molecule has 0 bridgehead atoms. The Hall–Kier alpha value is -1.00. The van der Waals surface area contributed by atoms with Gasteiger partial charge in [-0.3, -0.25) is 4.79 Å². The summed E-state index contributed by atoms with van der Waals surface area (Å²) in [5.41, 5.74) is 0.739. The molecule has 1 aliphatic carbocycles. The third kappa shape index (κ3) is 3.43. The largest absolute Gasteiger partial charge is 0.342 e. The zero-order valence-corrected chi connectivity index (χ0v) is 13.4. The summed E-state index contributed by atoms with van der Waals surface area (Å²) in [4.78, 5) is 15.0. The van der Waals surface area contributed by atoms with Crippen molar-refractivity contribution in [2.45, 2.75) is 45.2 Å². The molecule has 1 amide bonds. The molecular weight excluding hydrogens is 286 g/mol. The average Bonchev–Trinajstić information content (AvgIpc) is 3.27. The van der Waals surface area contributed by atoms with E-state index in [1.54, 1.807) is 0 Å². The molecule has 4 nitrogen and oxygen atoms in total. The van der Waals surface area contributed by atoms with Crippen LogP contribution >= 0.6 is 11.6 Å². The molecule has 116 valence electrons. The summed E-state index contributed by atoms with van der Waals surface area (Å²) < 4.78 is 1.96. The number of amides is 1. The van der Waals surface area contributed by atoms with Crippen molar-refractivity contribution in [1.82, 2.24) is 14.8 Å². The van der Waals surface area contributed by atoms with Crippen molar-refractivity contribution in [3.8, 4) is 0 Å². The lowest BCUT2D eigenvalue weighted by atomic mass is 9.97. The summed E-state index contributed by atoms with van der Waals surface area (Å²) in [5, 5.41) is 4.04. The molecule has 5 heteroatoms. The number of halogens is 1. The molecule has 0 spiro atoms. The Balaban J connectivity index is 1.74. The van der Waals surface area contributed by atoms with E-state index in [-0.39, 0.29) is 5.91 Å². The number of nitrogens with one attached hydrogen (secondary N) is 1. The van der Waals surface area contributed by atoms with Crippen LogP contribution in [0.1, 0.15) is 43.1 Å². The van der Waals surface area contributed by atoms with E-state index in [1.807, 2.05) is 23.8 Å². The van der Waals surface area contributed by atoms with Gasteiger partial charge in [0.1, 0.15) is 5.69 Å². The lowest BCUT2D eigenvalue weighted by Crippen LogP contribution is -2.41. The van der Waals surface area contributed by atoms with Crippen LogP contribution in [0.3, 0.4) is 0 Å². The molecule has 1 N–H and O–H groups in total. The highest BCUT2D eigenvalue weighted by molar-refractivity contribution is 6.31. The molecule has 0 atom stereocenters. The zero-order chi connectivity index (χ0) is 14.8. The van der Waals surface area contributed by atoms with Crippen LogP contribution < -0.4 is 5.32 Å². The molecule has 0 radical (unpaired) electrons. The Morgan fingerprint density at radius 2 is 2.10 bits per heavy atom. The molecule has 2 heterocycles. The molecule has 0 aromatic carbocycles. The topological polar surface area (TPSA) is 37.3 Å². The van der Waals surface area contributed by atoms with Crippen molar-refractivity contribution in [2.75, 3.05) is 19.6 Å². The van der Waals surface area contributed by atoms with Gasteiger partial charge in [-0.05, 0) is 57.7 Å². The normalized spacial score (nSPS) is 19.7. The minimum absolute atomic E-state index is 0.157. The lowest BCUT2D eigenvalue weighted by Gasteiger charge is -2.30. The van der Waals surface area contributed by atoms with E-state index in [1.165, 1.54) is 12.8 Å². The molecule has 1 aromatic rings. The van der Waals surface area contributed by atoms with Gasteiger partial charge in [-0.1, -0.05) is 11.6 Å². The fraction of sp³-hybridized carbons (Fsp3) is 0.688. The lowest BCUT2D eigenvalue weighted by molar-refractivity contribution is 0.0691. The van der Waals surface area contributed by atoms with Gasteiger partial charge in [-0.25, -0.2) is 0 Å². The van der Waals surface area contributed by atoms with Crippen LogP contribution in [-0.2, 0) is 6.54 Å². The summed E-state index contributed by atoms with van der Waals surface area (Å²) >= 11 is 6.08. The van der Waals surface area contributed by atoms with E-state index < -0.39 is 0 Å². The van der Waals surface area contributed by atoms with E-state index in [2.05, 4.69) is 10.2 Å². The number of aromatic nitrogens is 1. The highest BCUT2D eigenvalue weighted by Crippen LogP contribution is 2.31. The SMILES string of the molecule is CCn1cc(Cl)cc1C(=O)N(CC1CCNCC1)C1CC1. The van der Waals surface area contributed by atoms with Crippen molar-refractivity contribution < 1.29 is 4.79 Å². The van der Waals surface area contributed by atoms with Crippen LogP contribution in [0.2, 0.25) is 5.02 Å². The maximum Gasteiger partial charge on any atom is 0.270 e. The summed E-state index contributed by atoms with van der Waals surface area (Å²) in [6.07, 6.45) is 6.50. The first-order valence-electron chi connectivity index (χ1n) is 8.06. The second-order valence-electron chi connectivity index (χ2n) is 6.21. The standard InChI is InChI=1S/C16H24ClN3O/c1-2-19-11-13(17)9-15(19)16(21)20(14-3-4-14)10-12-5-7-18-8-6-12/h9,11-12,14,18H,2-8,10H2,1H3. The minimum atomic E-state index is 0.157. The van der Waals surface area contributed by atoms with Gasteiger partial charge in [0.05, 0.1) is 5.02 Å². The highest BCUT2D eigenvalue weighted by Gasteiger charge is 2.35. The van der Waals surface area contributed by atoms with Crippen LogP contribution in [0, 0.1) is 5.92 Å². The third-order valence-corrected chi connectivity index (χ3v) is 4.79. The Morgan fingerprint density at radius 3 is 2.71 bits per heavy atom. The van der Waals surface area contributed by atoms with Crippen molar-refractivity contribution >= 4 is 17.5 Å². The van der Waals surface area contributed by atoms with E-state index in [0.717, 1.165) is 44.7 Å². The Labute approximate surface area is 131 Å². The second kappa shape index (κ2) is 6.41. The fourth-order valence-electron chi connectivity index (χ4n) is 3.19. The van der Waals surface area contributed by atoms with Gasteiger partial charge in [0, 0.05) is 25.3 Å². The molecule has 1 aromatic heterocycles. The number of nitrogens with zero attached hydrogens (tertiary/aromatic N) is 2. The summed E-state index contributed by atoms with van der Waals surface area (Å²) in [6.45, 7) is 5.88. The van der Waals surface area contributed by atoms with Gasteiger partial charge in [0.25, 0.3) is 5.91 Å². The summed E-state index contributed by atoms with van der Waals surface area (Å²) in [5.74, 6) is 0.793. The number of carbonyl (C=O) groups excluding carboxylic acids is 1. The van der Waals surface area contributed by atoms with Crippen LogP contribution in [-0.4, -0.2) is 41.1 Å². The number of piperidine rings is 1. The van der Waals surface area contributed by atoms with Crippen LogP contribution in [0.25, 0.3) is 0 Å². The first-order valence-corrected chi connectivity index (χ1v) is 8.44. The number of hydrogen-bond donors (Lipinski definition) is 1. The first-order chi connectivity index (χ1) is 10.2. The smallest absolute Gasteiger partial charge is 0.270 e. The molecule has 1 aliphatic heterocycles. The average molecular weight is 310 g/mol. The highest BCUT2D eigenvalue weighted by atomic mass is 35.5. The van der Waals surface area contributed by atoms with Crippen LogP contribution in [0.5, 0.6) is 0 Å². The van der Waals surface area contributed by atoms with Gasteiger partial charge < -0.3 is 14.8 Å². The van der Waals surface area contributed by atoms with E-state index >= 15 is 0 Å². The van der Waals surface area contributed by atoms with E-state index in [0.29, 0.717) is 17.0 Å². The van der Waals surface area contributed by atoms with Gasteiger partial charge in [0.15, 0.2) is 0 Å². The molecule has 3 rings (SSSR count). The molecule has 2 aliphatic rings. The van der Waals surface area contributed by atoms with Gasteiger partial charge in [-0.2, -0.15) is 0 Å². The summed E-state index contributed by atoms with van der Waals surface area (Å²) in [7, 11) is 0. The zero-order valence-electron chi connectivity index (χ0n) is 12.6. The molecule has 2 fully saturated rings. The fourth-order valence-corrected chi connectivity index (χ4v) is 3.41. The molecule has 1 saturated carbocycles. The van der Waals surface area contributed by atoms with Crippen molar-refractivity contribution in [3.05, 3.63) is 23.0 Å². The predicted molar refractivity (Wildman–Crippen MR) is 84.8 cm³/mol. The molecule has 0 unspecified atom stereocenters. The number of hydrogen-bond acceptors (Lipinski definition) is 2. The van der Waals surface area contributed by atoms with Crippen molar-refractivity contribution in [3.63, 3.8) is 0 Å². The number of aryl methyl sites for hydroxylation is 1. The Kier molecular flexibility index (Phi) is 4.55. The predicted octanol–water partition coefficient (Wildman–Crippen LogP) is 2.77. The minimum Gasteiger partial charge on any atom is -0.342 e. The van der Waals surface area contributed by atoms with Gasteiger partial charge in [-0.15, -0.1) is 0 Å². The summed E-state index contributed by atoms with van der Waals surface area (Å²) in [6, 6.07) is 2.26. The van der Waals surface area contributed by atoms with Gasteiger partial charge in [0.2, 0.25) is 0 Å². The quantitative estimate of drug-likeness (QED) is 0.908. The third-order valence-electron chi connectivity index (χ3n) is 4.59. The van der Waals surface area contributed by atoms with Crippen molar-refractivity contribution in [1.29, 1.82) is 0 Å². The maximum absolute atomic E-state index is 12.9.